The summed E-state index contributed by atoms with van der Waals surface area (Å²) in [5.74, 6) is -0.455. The summed E-state index contributed by atoms with van der Waals surface area (Å²) >= 11 is 0. The predicted molar refractivity (Wildman–Crippen MR) is 165 cm³/mol. The van der Waals surface area contributed by atoms with Crippen molar-refractivity contribution >= 4 is 40.7 Å². The summed E-state index contributed by atoms with van der Waals surface area (Å²) in [5, 5.41) is 18.9. The molecule has 12 heteroatoms. The van der Waals surface area contributed by atoms with Gasteiger partial charge in [-0.05, 0) is 61.9 Å². The van der Waals surface area contributed by atoms with Crippen LogP contribution in [0.4, 0.5) is 27.7 Å². The van der Waals surface area contributed by atoms with Crippen LogP contribution >= 0.6 is 0 Å². The molecule has 4 aromatic rings. The van der Waals surface area contributed by atoms with Crippen molar-refractivity contribution in [3.8, 4) is 11.3 Å². The number of hydrogen-bond acceptors (Lipinski definition) is 7. The number of aromatic nitrogens is 2. The Morgan fingerprint density at radius 3 is 2.36 bits per heavy atom. The first-order chi connectivity index (χ1) is 20.1. The smallest absolute Gasteiger partial charge is 0.319 e. The standard InChI is InChI=1S/C30H33N9O3/c1-18(2)36-28-29(41)39(17-26(40)37-23-10-8-20(9-11-23)27(32)33)25(16-34-28)21-12-22(31)14-24(13-21)38-30(42)35-15-19-6-4-3-5-7-19/h3-14,16,18H,15,17,31H2,1-2H3,(H3,32,33)(H,34,36)(H,37,40)(H2,35,38,42). The molecule has 216 valence electrons. The molecule has 0 aliphatic rings. The van der Waals surface area contributed by atoms with Crippen LogP contribution in [0.3, 0.4) is 0 Å². The van der Waals surface area contributed by atoms with Crippen LogP contribution in [0.25, 0.3) is 11.3 Å². The van der Waals surface area contributed by atoms with E-state index in [9.17, 15) is 14.4 Å². The molecule has 0 spiro atoms. The highest BCUT2D eigenvalue weighted by molar-refractivity contribution is 5.96. The van der Waals surface area contributed by atoms with Gasteiger partial charge in [0.1, 0.15) is 12.4 Å². The average molecular weight is 568 g/mol. The quantitative estimate of drug-likeness (QED) is 0.0864. The Morgan fingerprint density at radius 1 is 0.976 bits per heavy atom. The molecule has 3 aromatic carbocycles. The molecule has 4 rings (SSSR count). The van der Waals surface area contributed by atoms with Crippen molar-refractivity contribution in [2.45, 2.75) is 33.0 Å². The summed E-state index contributed by atoms with van der Waals surface area (Å²) in [6.45, 7) is 3.75. The number of carbonyl (C=O) groups excluding carboxylic acids is 2. The van der Waals surface area contributed by atoms with E-state index in [-0.39, 0.29) is 24.2 Å². The number of carbonyl (C=O) groups is 2. The molecule has 0 aliphatic heterocycles. The number of urea groups is 1. The number of nitrogens with zero attached hydrogens (tertiary/aromatic N) is 2. The van der Waals surface area contributed by atoms with E-state index in [0.29, 0.717) is 40.4 Å². The van der Waals surface area contributed by atoms with Gasteiger partial charge in [0.15, 0.2) is 5.82 Å². The third kappa shape index (κ3) is 7.72. The normalized spacial score (nSPS) is 10.6. The zero-order chi connectivity index (χ0) is 30.2. The second-order valence-corrected chi connectivity index (χ2v) is 9.86. The molecule has 42 heavy (non-hydrogen) atoms. The summed E-state index contributed by atoms with van der Waals surface area (Å²) in [7, 11) is 0. The summed E-state index contributed by atoms with van der Waals surface area (Å²) in [6, 6.07) is 20.3. The molecule has 0 radical (unpaired) electrons. The molecule has 9 N–H and O–H groups in total. The van der Waals surface area contributed by atoms with E-state index in [2.05, 4.69) is 26.3 Å². The summed E-state index contributed by atoms with van der Waals surface area (Å²) < 4.78 is 1.30. The van der Waals surface area contributed by atoms with Crippen molar-refractivity contribution in [3.63, 3.8) is 0 Å². The van der Waals surface area contributed by atoms with Crippen LogP contribution < -0.4 is 38.3 Å². The van der Waals surface area contributed by atoms with Gasteiger partial charge in [0.2, 0.25) is 5.91 Å². The van der Waals surface area contributed by atoms with Gasteiger partial charge >= 0.3 is 6.03 Å². The van der Waals surface area contributed by atoms with Crippen LogP contribution in [0.5, 0.6) is 0 Å². The van der Waals surface area contributed by atoms with E-state index in [1.165, 1.54) is 10.8 Å². The second kappa shape index (κ2) is 13.1. The molecule has 0 saturated carbocycles. The molecule has 0 atom stereocenters. The molecule has 0 bridgehead atoms. The minimum Gasteiger partial charge on any atom is -0.399 e. The molecule has 1 aromatic heterocycles. The van der Waals surface area contributed by atoms with E-state index in [4.69, 9.17) is 16.9 Å². The van der Waals surface area contributed by atoms with Gasteiger partial charge in [0.25, 0.3) is 5.56 Å². The fourth-order valence-electron chi connectivity index (χ4n) is 4.15. The topological polar surface area (TPSA) is 193 Å². The van der Waals surface area contributed by atoms with Crippen molar-refractivity contribution in [1.82, 2.24) is 14.9 Å². The van der Waals surface area contributed by atoms with Gasteiger partial charge in [-0.2, -0.15) is 0 Å². The van der Waals surface area contributed by atoms with Crippen molar-refractivity contribution < 1.29 is 9.59 Å². The fourth-order valence-corrected chi connectivity index (χ4v) is 4.15. The van der Waals surface area contributed by atoms with Gasteiger partial charge in [-0.3, -0.25) is 19.6 Å². The first-order valence-electron chi connectivity index (χ1n) is 13.2. The van der Waals surface area contributed by atoms with E-state index < -0.39 is 17.5 Å². The van der Waals surface area contributed by atoms with Gasteiger partial charge in [0.05, 0.1) is 11.9 Å². The zero-order valence-electron chi connectivity index (χ0n) is 23.3. The average Bonchev–Trinajstić information content (AvgIpc) is 2.94. The lowest BCUT2D eigenvalue weighted by molar-refractivity contribution is -0.116. The molecule has 3 amide bonds. The van der Waals surface area contributed by atoms with Crippen LogP contribution in [0.2, 0.25) is 0 Å². The predicted octanol–water partition coefficient (Wildman–Crippen LogP) is 3.56. The maximum absolute atomic E-state index is 13.5. The Balaban J connectivity index is 1.60. The summed E-state index contributed by atoms with van der Waals surface area (Å²) in [6.07, 6.45) is 1.48. The van der Waals surface area contributed by atoms with Crippen molar-refractivity contribution in [2.24, 2.45) is 5.73 Å². The number of amidine groups is 1. The van der Waals surface area contributed by atoms with Crippen molar-refractivity contribution in [3.05, 3.63) is 100 Å². The Hall–Kier alpha value is -5.65. The van der Waals surface area contributed by atoms with Gasteiger partial charge in [0, 0.05) is 40.8 Å². The van der Waals surface area contributed by atoms with E-state index >= 15 is 0 Å². The zero-order valence-corrected chi connectivity index (χ0v) is 23.3. The lowest BCUT2D eigenvalue weighted by Crippen LogP contribution is -2.32. The number of hydrogen-bond donors (Lipinski definition) is 7. The number of nitrogen functional groups attached to an aromatic ring is 2. The fraction of sp³-hybridized carbons (Fsp3) is 0.167. The van der Waals surface area contributed by atoms with Crippen molar-refractivity contribution in [2.75, 3.05) is 21.7 Å². The van der Waals surface area contributed by atoms with E-state index in [1.54, 1.807) is 42.5 Å². The molecule has 0 fully saturated rings. The molecular formula is C30H33N9O3. The molecular weight excluding hydrogens is 534 g/mol. The Bertz CT molecular complexity index is 1650. The molecule has 0 aliphatic carbocycles. The molecule has 12 nitrogen and oxygen atoms in total. The van der Waals surface area contributed by atoms with E-state index in [1.807, 2.05) is 44.2 Å². The maximum atomic E-state index is 13.5. The van der Waals surface area contributed by atoms with Crippen molar-refractivity contribution in [1.29, 1.82) is 5.41 Å². The first-order valence-corrected chi connectivity index (χ1v) is 13.2. The molecule has 1 heterocycles. The van der Waals surface area contributed by atoms with E-state index in [0.717, 1.165) is 5.56 Å². The van der Waals surface area contributed by atoms with Crippen LogP contribution in [0.1, 0.15) is 25.0 Å². The van der Waals surface area contributed by atoms with Crippen LogP contribution in [0, 0.1) is 5.41 Å². The largest absolute Gasteiger partial charge is 0.399 e. The van der Waals surface area contributed by atoms with Gasteiger partial charge in [-0.1, -0.05) is 30.3 Å². The molecule has 0 unspecified atom stereocenters. The highest BCUT2D eigenvalue weighted by Crippen LogP contribution is 2.26. The second-order valence-electron chi connectivity index (χ2n) is 9.86. The monoisotopic (exact) mass is 567 g/mol. The lowest BCUT2D eigenvalue weighted by atomic mass is 10.1. The number of benzene rings is 3. The lowest BCUT2D eigenvalue weighted by Gasteiger charge is -2.17. The highest BCUT2D eigenvalue weighted by Gasteiger charge is 2.17. The Morgan fingerprint density at radius 2 is 1.69 bits per heavy atom. The van der Waals surface area contributed by atoms with Crippen LogP contribution in [-0.2, 0) is 17.9 Å². The van der Waals surface area contributed by atoms with Gasteiger partial charge in [-0.15, -0.1) is 0 Å². The number of nitrogens with one attached hydrogen (secondary N) is 5. The van der Waals surface area contributed by atoms with Gasteiger partial charge < -0.3 is 32.7 Å². The number of anilines is 4. The minimum absolute atomic E-state index is 0.0734. The third-order valence-corrected chi connectivity index (χ3v) is 6.07. The SMILES string of the molecule is CC(C)Nc1ncc(-c2cc(N)cc(NC(=O)NCc3ccccc3)c2)n(CC(=O)Nc2ccc(C(=N)N)cc2)c1=O. The Kier molecular flexibility index (Phi) is 9.17. The number of nitrogens with two attached hydrogens (primary N) is 2. The summed E-state index contributed by atoms with van der Waals surface area (Å²) in [5.41, 5.74) is 14.6. The highest BCUT2D eigenvalue weighted by atomic mass is 16.2. The van der Waals surface area contributed by atoms with Crippen LogP contribution in [-0.4, -0.2) is 33.4 Å². The minimum atomic E-state index is -0.499. The van der Waals surface area contributed by atoms with Gasteiger partial charge in [-0.25, -0.2) is 9.78 Å². The number of rotatable bonds is 10. The summed E-state index contributed by atoms with van der Waals surface area (Å²) in [4.78, 5) is 43.4. The van der Waals surface area contributed by atoms with Crippen LogP contribution in [0.15, 0.2) is 83.8 Å². The number of amides is 3. The Labute approximate surface area is 242 Å². The molecule has 0 saturated heterocycles. The third-order valence-electron chi connectivity index (χ3n) is 6.07. The maximum Gasteiger partial charge on any atom is 0.319 e. The first kappa shape index (κ1) is 29.3.